The molecule has 0 atom stereocenters. The van der Waals surface area contributed by atoms with Gasteiger partial charge in [-0.25, -0.2) is 12.7 Å². The Labute approximate surface area is 123 Å². The summed E-state index contributed by atoms with van der Waals surface area (Å²) in [6.45, 7) is 0.676. The van der Waals surface area contributed by atoms with Gasteiger partial charge in [0.2, 0.25) is 10.0 Å². The van der Waals surface area contributed by atoms with E-state index in [2.05, 4.69) is 5.32 Å². The second-order valence-corrected chi connectivity index (χ2v) is 6.74. The minimum absolute atomic E-state index is 0.0174. The molecule has 0 unspecified atom stereocenters. The molecule has 0 aliphatic carbocycles. The zero-order chi connectivity index (χ0) is 15.3. The largest absolute Gasteiger partial charge is 0.383 e. The molecule has 0 fully saturated rings. The van der Waals surface area contributed by atoms with Crippen LogP contribution in [0.25, 0.3) is 0 Å². The fourth-order valence-corrected chi connectivity index (χ4v) is 2.54. The lowest BCUT2D eigenvalue weighted by Crippen LogP contribution is -2.28. The van der Waals surface area contributed by atoms with Crippen LogP contribution in [-0.4, -0.2) is 53.0 Å². The first-order chi connectivity index (χ1) is 9.30. The minimum atomic E-state index is -3.60. The predicted octanol–water partition coefficient (Wildman–Crippen LogP) is 0.967. The number of methoxy groups -OCH3 is 1. The van der Waals surface area contributed by atoms with Gasteiger partial charge >= 0.3 is 0 Å². The van der Waals surface area contributed by atoms with Crippen LogP contribution < -0.4 is 5.32 Å². The molecular weight excluding hydrogens is 304 g/mol. The summed E-state index contributed by atoms with van der Waals surface area (Å²) in [5.74, 6) is -0.442. The molecule has 1 rings (SSSR count). The SMILES string of the molecule is COCCNC(=O)c1cc(S(=O)(=O)N(C)C)ccc1Cl. The van der Waals surface area contributed by atoms with E-state index in [0.717, 1.165) is 4.31 Å². The lowest BCUT2D eigenvalue weighted by molar-refractivity contribution is 0.0937. The molecular formula is C12H17ClN2O4S. The summed E-state index contributed by atoms with van der Waals surface area (Å²) in [7, 11) is 0.750. The van der Waals surface area contributed by atoms with Crippen molar-refractivity contribution < 1.29 is 17.9 Å². The molecule has 112 valence electrons. The summed E-state index contributed by atoms with van der Waals surface area (Å²) in [5.41, 5.74) is 0.116. The molecule has 6 nitrogen and oxygen atoms in total. The molecule has 0 aliphatic heterocycles. The molecule has 0 saturated heterocycles. The highest BCUT2D eigenvalue weighted by molar-refractivity contribution is 7.89. The van der Waals surface area contributed by atoms with E-state index >= 15 is 0 Å². The highest BCUT2D eigenvalue weighted by Gasteiger charge is 2.20. The van der Waals surface area contributed by atoms with Gasteiger partial charge in [-0.1, -0.05) is 11.6 Å². The van der Waals surface area contributed by atoms with Gasteiger partial charge in [-0.15, -0.1) is 0 Å². The number of carbonyl (C=O) groups is 1. The molecule has 0 radical (unpaired) electrons. The second-order valence-electron chi connectivity index (χ2n) is 4.18. The minimum Gasteiger partial charge on any atom is -0.383 e. The van der Waals surface area contributed by atoms with E-state index in [1.165, 1.54) is 39.4 Å². The Morgan fingerprint density at radius 1 is 1.40 bits per heavy atom. The van der Waals surface area contributed by atoms with Crippen molar-refractivity contribution in [3.05, 3.63) is 28.8 Å². The summed E-state index contributed by atoms with van der Waals surface area (Å²) < 4.78 is 29.9. The van der Waals surface area contributed by atoms with Crippen molar-refractivity contribution in [1.29, 1.82) is 0 Å². The van der Waals surface area contributed by atoms with E-state index in [4.69, 9.17) is 16.3 Å². The average molecular weight is 321 g/mol. The zero-order valence-corrected chi connectivity index (χ0v) is 13.1. The van der Waals surface area contributed by atoms with Crippen molar-refractivity contribution in [3.8, 4) is 0 Å². The Morgan fingerprint density at radius 3 is 2.60 bits per heavy atom. The molecule has 1 N–H and O–H groups in total. The Balaban J connectivity index is 3.07. The smallest absolute Gasteiger partial charge is 0.252 e. The van der Waals surface area contributed by atoms with Crippen LogP contribution in [0.15, 0.2) is 23.1 Å². The Hall–Kier alpha value is -1.15. The van der Waals surface area contributed by atoms with Gasteiger partial charge in [-0.05, 0) is 18.2 Å². The van der Waals surface area contributed by atoms with Crippen molar-refractivity contribution in [3.63, 3.8) is 0 Å². The maximum absolute atomic E-state index is 12.0. The summed E-state index contributed by atoms with van der Waals surface area (Å²) in [6, 6.07) is 4.02. The van der Waals surface area contributed by atoms with Crippen LogP contribution in [0, 0.1) is 0 Å². The van der Waals surface area contributed by atoms with E-state index < -0.39 is 15.9 Å². The van der Waals surface area contributed by atoms with Crippen LogP contribution in [0.2, 0.25) is 5.02 Å². The molecule has 0 heterocycles. The van der Waals surface area contributed by atoms with Crippen LogP contribution in [0.4, 0.5) is 0 Å². The lowest BCUT2D eigenvalue weighted by atomic mass is 10.2. The number of rotatable bonds is 6. The fourth-order valence-electron chi connectivity index (χ4n) is 1.41. The van der Waals surface area contributed by atoms with Crippen LogP contribution in [0.1, 0.15) is 10.4 Å². The van der Waals surface area contributed by atoms with Gasteiger partial charge < -0.3 is 10.1 Å². The predicted molar refractivity (Wildman–Crippen MR) is 76.5 cm³/mol. The molecule has 0 spiro atoms. The number of hydrogen-bond acceptors (Lipinski definition) is 4. The normalized spacial score (nSPS) is 11.7. The highest BCUT2D eigenvalue weighted by Crippen LogP contribution is 2.22. The van der Waals surface area contributed by atoms with Crippen molar-refractivity contribution in [2.45, 2.75) is 4.90 Å². The number of sulfonamides is 1. The Morgan fingerprint density at radius 2 is 2.05 bits per heavy atom. The summed E-state index contributed by atoms with van der Waals surface area (Å²) in [6.07, 6.45) is 0. The monoisotopic (exact) mass is 320 g/mol. The standard InChI is InChI=1S/C12H17ClN2O4S/c1-15(2)20(17,18)9-4-5-11(13)10(8-9)12(16)14-6-7-19-3/h4-5,8H,6-7H2,1-3H3,(H,14,16). The number of benzene rings is 1. The first-order valence-corrected chi connectivity index (χ1v) is 7.61. The quantitative estimate of drug-likeness (QED) is 0.792. The van der Waals surface area contributed by atoms with E-state index in [1.807, 2.05) is 0 Å². The topological polar surface area (TPSA) is 75.7 Å². The number of ether oxygens (including phenoxy) is 1. The molecule has 0 aromatic heterocycles. The van der Waals surface area contributed by atoms with Crippen LogP contribution in [-0.2, 0) is 14.8 Å². The van der Waals surface area contributed by atoms with Crippen molar-refractivity contribution in [1.82, 2.24) is 9.62 Å². The maximum atomic E-state index is 12.0. The molecule has 1 aromatic rings. The molecule has 20 heavy (non-hydrogen) atoms. The molecule has 1 aromatic carbocycles. The first-order valence-electron chi connectivity index (χ1n) is 5.80. The maximum Gasteiger partial charge on any atom is 0.252 e. The third-order valence-corrected chi connectivity index (χ3v) is 4.69. The second kappa shape index (κ2) is 7.03. The van der Waals surface area contributed by atoms with Crippen molar-refractivity contribution in [2.24, 2.45) is 0 Å². The summed E-state index contributed by atoms with van der Waals surface area (Å²) in [5, 5.41) is 2.78. The number of amides is 1. The van der Waals surface area contributed by atoms with Gasteiger partial charge in [0.05, 0.1) is 22.1 Å². The van der Waals surface area contributed by atoms with Crippen LogP contribution in [0.3, 0.4) is 0 Å². The first kappa shape index (κ1) is 16.9. The molecule has 0 bridgehead atoms. The van der Waals surface area contributed by atoms with Crippen LogP contribution >= 0.6 is 11.6 Å². The number of hydrogen-bond donors (Lipinski definition) is 1. The number of nitrogens with zero attached hydrogens (tertiary/aromatic N) is 1. The van der Waals surface area contributed by atoms with Gasteiger partial charge in [0.1, 0.15) is 0 Å². The zero-order valence-electron chi connectivity index (χ0n) is 11.5. The summed E-state index contributed by atoms with van der Waals surface area (Å²) in [4.78, 5) is 11.9. The van der Waals surface area contributed by atoms with Crippen molar-refractivity contribution in [2.75, 3.05) is 34.4 Å². The van der Waals surface area contributed by atoms with Gasteiger partial charge in [0.15, 0.2) is 0 Å². The Kier molecular flexibility index (Phi) is 5.94. The van der Waals surface area contributed by atoms with Crippen molar-refractivity contribution >= 4 is 27.5 Å². The third kappa shape index (κ3) is 3.92. The highest BCUT2D eigenvalue weighted by atomic mass is 35.5. The van der Waals surface area contributed by atoms with Crippen LogP contribution in [0.5, 0.6) is 0 Å². The molecule has 0 aliphatic rings. The lowest BCUT2D eigenvalue weighted by Gasteiger charge is -2.13. The number of carbonyl (C=O) groups excluding carboxylic acids is 1. The van der Waals surface area contributed by atoms with E-state index in [9.17, 15) is 13.2 Å². The van der Waals surface area contributed by atoms with Gasteiger partial charge in [-0.3, -0.25) is 4.79 Å². The molecule has 1 amide bonds. The third-order valence-electron chi connectivity index (χ3n) is 2.55. The Bertz CT molecular complexity index is 587. The van der Waals surface area contributed by atoms with E-state index in [0.29, 0.717) is 13.2 Å². The van der Waals surface area contributed by atoms with Gasteiger partial charge in [-0.2, -0.15) is 0 Å². The molecule has 8 heteroatoms. The van der Waals surface area contributed by atoms with Gasteiger partial charge in [0, 0.05) is 27.7 Å². The number of halogens is 1. The fraction of sp³-hybridized carbons (Fsp3) is 0.417. The molecule has 0 saturated carbocycles. The summed E-state index contributed by atoms with van der Waals surface area (Å²) >= 11 is 5.93. The van der Waals surface area contributed by atoms with E-state index in [1.54, 1.807) is 0 Å². The average Bonchev–Trinajstić information content (AvgIpc) is 2.38. The number of nitrogens with one attached hydrogen (secondary N) is 1. The van der Waals surface area contributed by atoms with Gasteiger partial charge in [0.25, 0.3) is 5.91 Å². The van der Waals surface area contributed by atoms with E-state index in [-0.39, 0.29) is 15.5 Å².